The van der Waals surface area contributed by atoms with E-state index in [1.165, 1.54) is 11.0 Å². The fraction of sp³-hybridized carbons (Fsp3) is 0.300. The second kappa shape index (κ2) is 2.83. The first-order chi connectivity index (χ1) is 6.20. The van der Waals surface area contributed by atoms with Gasteiger partial charge in [-0.05, 0) is 19.1 Å². The standard InChI is InChI=1S/C10H10FNO/c1-7-6-10(13)12(7)9-5-3-2-4-8(9)11/h2-5,7H,6H2,1H3. The van der Waals surface area contributed by atoms with E-state index < -0.39 is 0 Å². The summed E-state index contributed by atoms with van der Waals surface area (Å²) in [6.45, 7) is 1.91. The van der Waals surface area contributed by atoms with Gasteiger partial charge in [-0.15, -0.1) is 0 Å². The molecule has 1 aliphatic rings. The van der Waals surface area contributed by atoms with Gasteiger partial charge in [0, 0.05) is 12.5 Å². The van der Waals surface area contributed by atoms with Gasteiger partial charge >= 0.3 is 0 Å². The molecule has 0 aromatic heterocycles. The highest BCUT2D eigenvalue weighted by atomic mass is 19.1. The quantitative estimate of drug-likeness (QED) is 0.603. The summed E-state index contributed by atoms with van der Waals surface area (Å²) in [4.78, 5) is 12.6. The Hall–Kier alpha value is -1.38. The zero-order valence-corrected chi connectivity index (χ0v) is 7.33. The van der Waals surface area contributed by atoms with Crippen LogP contribution in [0.1, 0.15) is 13.3 Å². The molecule has 0 radical (unpaired) electrons. The van der Waals surface area contributed by atoms with Crippen molar-refractivity contribution in [1.82, 2.24) is 0 Å². The Labute approximate surface area is 76.0 Å². The number of anilines is 1. The lowest BCUT2D eigenvalue weighted by atomic mass is 10.0. The summed E-state index contributed by atoms with van der Waals surface area (Å²) in [5.41, 5.74) is 0.395. The van der Waals surface area contributed by atoms with Crippen molar-refractivity contribution in [2.75, 3.05) is 4.90 Å². The zero-order valence-electron chi connectivity index (χ0n) is 7.33. The highest BCUT2D eigenvalue weighted by molar-refractivity contribution is 6.00. The average Bonchev–Trinajstić information content (AvgIpc) is 2.09. The maximum Gasteiger partial charge on any atom is 0.229 e. The third-order valence-electron chi connectivity index (χ3n) is 2.29. The molecular formula is C10H10FNO. The van der Waals surface area contributed by atoms with Gasteiger partial charge in [-0.2, -0.15) is 0 Å². The van der Waals surface area contributed by atoms with Crippen LogP contribution in [-0.2, 0) is 4.79 Å². The van der Waals surface area contributed by atoms with E-state index in [0.717, 1.165) is 0 Å². The molecule has 1 unspecified atom stereocenters. The van der Waals surface area contributed by atoms with Gasteiger partial charge in [-0.1, -0.05) is 12.1 Å². The van der Waals surface area contributed by atoms with Crippen LogP contribution < -0.4 is 4.90 Å². The highest BCUT2D eigenvalue weighted by Crippen LogP contribution is 2.29. The van der Waals surface area contributed by atoms with Crippen LogP contribution in [0.4, 0.5) is 10.1 Å². The lowest BCUT2D eigenvalue weighted by Gasteiger charge is -2.38. The minimum Gasteiger partial charge on any atom is -0.306 e. The van der Waals surface area contributed by atoms with Gasteiger partial charge in [-0.25, -0.2) is 4.39 Å². The Bertz CT molecular complexity index is 351. The largest absolute Gasteiger partial charge is 0.306 e. The molecule has 0 saturated carbocycles. The SMILES string of the molecule is CC1CC(=O)N1c1ccccc1F. The fourth-order valence-corrected chi connectivity index (χ4v) is 1.59. The molecule has 1 atom stereocenters. The molecule has 0 N–H and O–H groups in total. The summed E-state index contributed by atoms with van der Waals surface area (Å²) < 4.78 is 13.2. The van der Waals surface area contributed by atoms with Gasteiger partial charge in [0.1, 0.15) is 5.82 Å². The molecule has 2 nitrogen and oxygen atoms in total. The van der Waals surface area contributed by atoms with Crippen LogP contribution in [0, 0.1) is 5.82 Å². The van der Waals surface area contributed by atoms with E-state index in [1.54, 1.807) is 18.2 Å². The van der Waals surface area contributed by atoms with Gasteiger partial charge in [0.15, 0.2) is 0 Å². The van der Waals surface area contributed by atoms with Crippen molar-refractivity contribution in [3.8, 4) is 0 Å². The van der Waals surface area contributed by atoms with Crippen molar-refractivity contribution in [3.05, 3.63) is 30.1 Å². The van der Waals surface area contributed by atoms with Crippen LogP contribution in [0.2, 0.25) is 0 Å². The fourth-order valence-electron chi connectivity index (χ4n) is 1.59. The number of rotatable bonds is 1. The molecule has 68 valence electrons. The molecule has 0 spiro atoms. The second-order valence-corrected chi connectivity index (χ2v) is 3.27. The minimum absolute atomic E-state index is 0.00222. The number of para-hydroxylation sites is 1. The van der Waals surface area contributed by atoms with E-state index in [2.05, 4.69) is 0 Å². The molecule has 2 rings (SSSR count). The molecule has 1 aromatic carbocycles. The zero-order chi connectivity index (χ0) is 9.42. The normalized spacial score (nSPS) is 21.5. The number of nitrogens with zero attached hydrogens (tertiary/aromatic N) is 1. The van der Waals surface area contributed by atoms with Crippen molar-refractivity contribution >= 4 is 11.6 Å². The summed E-state index contributed by atoms with van der Waals surface area (Å²) >= 11 is 0. The van der Waals surface area contributed by atoms with Crippen molar-refractivity contribution < 1.29 is 9.18 Å². The van der Waals surface area contributed by atoms with Crippen LogP contribution in [-0.4, -0.2) is 11.9 Å². The molecule has 0 bridgehead atoms. The number of carbonyl (C=O) groups is 1. The molecule has 1 saturated heterocycles. The summed E-state index contributed by atoms with van der Waals surface area (Å²) in [6, 6.07) is 6.48. The monoisotopic (exact) mass is 179 g/mol. The number of β-lactam (4-membered cyclic amide) rings is 1. The smallest absolute Gasteiger partial charge is 0.229 e. The van der Waals surface area contributed by atoms with Crippen LogP contribution >= 0.6 is 0 Å². The van der Waals surface area contributed by atoms with Crippen LogP contribution in [0.3, 0.4) is 0 Å². The van der Waals surface area contributed by atoms with Crippen molar-refractivity contribution in [3.63, 3.8) is 0 Å². The number of hydrogen-bond donors (Lipinski definition) is 0. The third kappa shape index (κ3) is 1.20. The number of carbonyl (C=O) groups excluding carboxylic acids is 1. The Balaban J connectivity index is 2.35. The van der Waals surface area contributed by atoms with Crippen molar-refractivity contribution in [2.24, 2.45) is 0 Å². The molecule has 1 amide bonds. The van der Waals surface area contributed by atoms with E-state index in [4.69, 9.17) is 0 Å². The predicted octanol–water partition coefficient (Wildman–Crippen LogP) is 1.95. The van der Waals surface area contributed by atoms with Crippen molar-refractivity contribution in [1.29, 1.82) is 0 Å². The summed E-state index contributed by atoms with van der Waals surface area (Å²) in [6.07, 6.45) is 0.522. The van der Waals surface area contributed by atoms with E-state index in [-0.39, 0.29) is 17.8 Å². The Morgan fingerprint density at radius 3 is 2.69 bits per heavy atom. The summed E-state index contributed by atoms with van der Waals surface area (Å²) in [7, 11) is 0. The maximum absolute atomic E-state index is 13.2. The van der Waals surface area contributed by atoms with Crippen molar-refractivity contribution in [2.45, 2.75) is 19.4 Å². The minimum atomic E-state index is -0.331. The summed E-state index contributed by atoms with van der Waals surface area (Å²) in [5.74, 6) is -0.333. The number of hydrogen-bond acceptors (Lipinski definition) is 1. The Morgan fingerprint density at radius 2 is 2.15 bits per heavy atom. The van der Waals surface area contributed by atoms with Crippen LogP contribution in [0.15, 0.2) is 24.3 Å². The second-order valence-electron chi connectivity index (χ2n) is 3.27. The Kier molecular flexibility index (Phi) is 1.79. The van der Waals surface area contributed by atoms with E-state index in [9.17, 15) is 9.18 Å². The van der Waals surface area contributed by atoms with Crippen LogP contribution in [0.25, 0.3) is 0 Å². The molecule has 1 fully saturated rings. The lowest BCUT2D eigenvalue weighted by molar-refractivity contribution is -0.123. The topological polar surface area (TPSA) is 20.3 Å². The van der Waals surface area contributed by atoms with Gasteiger partial charge < -0.3 is 4.90 Å². The maximum atomic E-state index is 13.2. The van der Waals surface area contributed by atoms with E-state index in [0.29, 0.717) is 12.1 Å². The third-order valence-corrected chi connectivity index (χ3v) is 2.29. The number of halogens is 1. The summed E-state index contributed by atoms with van der Waals surface area (Å²) in [5, 5.41) is 0. The molecule has 1 aliphatic heterocycles. The molecule has 3 heteroatoms. The van der Waals surface area contributed by atoms with Gasteiger partial charge in [0.25, 0.3) is 0 Å². The Morgan fingerprint density at radius 1 is 1.46 bits per heavy atom. The first-order valence-corrected chi connectivity index (χ1v) is 4.27. The number of amides is 1. The van der Waals surface area contributed by atoms with Crippen LogP contribution in [0.5, 0.6) is 0 Å². The van der Waals surface area contributed by atoms with Gasteiger partial charge in [-0.3, -0.25) is 4.79 Å². The molecule has 1 aromatic rings. The van der Waals surface area contributed by atoms with E-state index >= 15 is 0 Å². The predicted molar refractivity (Wildman–Crippen MR) is 48.0 cm³/mol. The highest BCUT2D eigenvalue weighted by Gasteiger charge is 2.34. The number of benzene rings is 1. The van der Waals surface area contributed by atoms with Gasteiger partial charge in [0.05, 0.1) is 5.69 Å². The molecular weight excluding hydrogens is 169 g/mol. The van der Waals surface area contributed by atoms with Gasteiger partial charge in [0.2, 0.25) is 5.91 Å². The first-order valence-electron chi connectivity index (χ1n) is 4.27. The molecule has 1 heterocycles. The van der Waals surface area contributed by atoms with E-state index in [1.807, 2.05) is 6.92 Å². The lowest BCUT2D eigenvalue weighted by Crippen LogP contribution is -2.51. The molecule has 0 aliphatic carbocycles. The first kappa shape index (κ1) is 8.23. The average molecular weight is 179 g/mol. The molecule has 13 heavy (non-hydrogen) atoms.